The van der Waals surface area contributed by atoms with E-state index in [1.165, 1.54) is 16.8 Å². The summed E-state index contributed by atoms with van der Waals surface area (Å²) < 4.78 is 1.29. The van der Waals surface area contributed by atoms with Gasteiger partial charge in [-0.05, 0) is 12.1 Å². The third-order valence-corrected chi connectivity index (χ3v) is 1.79. The number of aromatic nitrogens is 3. The Kier molecular flexibility index (Phi) is 4.04. The molecule has 7 heteroatoms. The number of anilines is 2. The van der Waals surface area contributed by atoms with Crippen LogP contribution < -0.4 is 22.7 Å². The first-order valence-electron chi connectivity index (χ1n) is 4.73. The Morgan fingerprint density at radius 2 is 1.76 bits per heavy atom. The number of pyridine rings is 1. The normalized spacial score (nSPS) is 9.24. The van der Waals surface area contributed by atoms with E-state index in [0.29, 0.717) is 11.6 Å². The summed E-state index contributed by atoms with van der Waals surface area (Å²) in [5.41, 5.74) is 9.79. The van der Waals surface area contributed by atoms with Gasteiger partial charge >= 0.3 is 5.69 Å². The first-order valence-corrected chi connectivity index (χ1v) is 4.73. The van der Waals surface area contributed by atoms with Crippen molar-refractivity contribution in [2.24, 2.45) is 7.05 Å². The number of aryl methyl sites for hydroxylation is 1. The summed E-state index contributed by atoms with van der Waals surface area (Å²) in [5, 5.41) is 0. The van der Waals surface area contributed by atoms with Crippen LogP contribution in [0, 0.1) is 0 Å². The van der Waals surface area contributed by atoms with Crippen LogP contribution in [0.5, 0.6) is 0 Å². The van der Waals surface area contributed by atoms with Gasteiger partial charge < -0.3 is 16.0 Å². The molecule has 0 aliphatic heterocycles. The molecule has 0 aliphatic rings. The van der Waals surface area contributed by atoms with Crippen molar-refractivity contribution >= 4 is 11.6 Å². The fourth-order valence-electron chi connectivity index (χ4n) is 0.951. The summed E-state index contributed by atoms with van der Waals surface area (Å²) in [7, 11) is 1.57. The van der Waals surface area contributed by atoms with E-state index in [-0.39, 0.29) is 11.2 Å². The lowest BCUT2D eigenvalue weighted by Crippen LogP contribution is -2.26. The minimum atomic E-state index is -0.387. The van der Waals surface area contributed by atoms with Crippen LogP contribution in [0.1, 0.15) is 0 Å². The molecule has 2 aromatic rings. The zero-order valence-electron chi connectivity index (χ0n) is 9.25. The van der Waals surface area contributed by atoms with Crippen molar-refractivity contribution in [1.29, 1.82) is 0 Å². The first kappa shape index (κ1) is 12.5. The highest BCUT2D eigenvalue weighted by atomic mass is 16.2. The van der Waals surface area contributed by atoms with E-state index in [1.807, 2.05) is 0 Å². The van der Waals surface area contributed by atoms with Gasteiger partial charge in [0.25, 0.3) is 5.56 Å². The lowest BCUT2D eigenvalue weighted by atomic mass is 10.4. The summed E-state index contributed by atoms with van der Waals surface area (Å²) in [5.74, 6) is 0.926. The van der Waals surface area contributed by atoms with Gasteiger partial charge in [0, 0.05) is 19.3 Å². The van der Waals surface area contributed by atoms with Crippen LogP contribution in [0.15, 0.2) is 40.1 Å². The quantitative estimate of drug-likeness (QED) is 0.558. The molecule has 2 heterocycles. The van der Waals surface area contributed by atoms with Crippen LogP contribution >= 0.6 is 0 Å². The fourth-order valence-corrected chi connectivity index (χ4v) is 0.951. The molecule has 0 fully saturated rings. The molecular formula is C10H13N5O2. The molecule has 2 aromatic heterocycles. The topological polar surface area (TPSA) is 120 Å². The molecule has 0 aliphatic carbocycles. The SMILES string of the molecule is Cn1ccc(=O)[nH]c1=O.Nc1cccc(N)n1. The highest BCUT2D eigenvalue weighted by molar-refractivity contribution is 5.37. The second kappa shape index (κ2) is 5.50. The maximum absolute atomic E-state index is 10.5. The number of nitrogen functional groups attached to an aromatic ring is 2. The zero-order valence-corrected chi connectivity index (χ0v) is 9.25. The Balaban J connectivity index is 0.000000171. The summed E-state index contributed by atoms with van der Waals surface area (Å²) >= 11 is 0. The van der Waals surface area contributed by atoms with Gasteiger partial charge in [-0.1, -0.05) is 6.07 Å². The molecule has 0 bridgehead atoms. The predicted octanol–water partition coefficient (Wildman–Crippen LogP) is -0.680. The Hall–Kier alpha value is -2.57. The minimum Gasteiger partial charge on any atom is -0.384 e. The van der Waals surface area contributed by atoms with Crippen molar-refractivity contribution in [2.75, 3.05) is 11.5 Å². The van der Waals surface area contributed by atoms with Crippen molar-refractivity contribution in [3.8, 4) is 0 Å². The molecule has 5 N–H and O–H groups in total. The molecule has 0 unspecified atom stereocenters. The molecule has 17 heavy (non-hydrogen) atoms. The van der Waals surface area contributed by atoms with Crippen LogP contribution in [0.3, 0.4) is 0 Å². The third-order valence-electron chi connectivity index (χ3n) is 1.79. The number of nitrogens with two attached hydrogens (primary N) is 2. The summed E-state index contributed by atoms with van der Waals surface area (Å²) in [6.45, 7) is 0. The Bertz CT molecular complexity index is 585. The van der Waals surface area contributed by atoms with E-state index in [2.05, 4.69) is 9.97 Å². The smallest absolute Gasteiger partial charge is 0.328 e. The average molecular weight is 235 g/mol. The van der Waals surface area contributed by atoms with Crippen molar-refractivity contribution in [2.45, 2.75) is 0 Å². The first-order chi connectivity index (χ1) is 7.99. The maximum Gasteiger partial charge on any atom is 0.328 e. The highest BCUT2D eigenvalue weighted by Crippen LogP contribution is 1.99. The molecular weight excluding hydrogens is 222 g/mol. The molecule has 0 amide bonds. The second-order valence-corrected chi connectivity index (χ2v) is 3.21. The van der Waals surface area contributed by atoms with E-state index in [4.69, 9.17) is 11.5 Å². The van der Waals surface area contributed by atoms with Crippen molar-refractivity contribution in [3.05, 3.63) is 51.3 Å². The zero-order chi connectivity index (χ0) is 12.8. The average Bonchev–Trinajstić information content (AvgIpc) is 2.24. The molecule has 90 valence electrons. The van der Waals surface area contributed by atoms with E-state index >= 15 is 0 Å². The van der Waals surface area contributed by atoms with Crippen LogP contribution in [0.4, 0.5) is 11.6 Å². The van der Waals surface area contributed by atoms with Gasteiger partial charge in [-0.2, -0.15) is 0 Å². The number of nitrogens with one attached hydrogen (secondary N) is 1. The van der Waals surface area contributed by atoms with Crippen molar-refractivity contribution in [3.63, 3.8) is 0 Å². The monoisotopic (exact) mass is 235 g/mol. The molecule has 0 radical (unpaired) electrons. The number of hydrogen-bond acceptors (Lipinski definition) is 5. The third kappa shape index (κ3) is 4.20. The van der Waals surface area contributed by atoms with Crippen molar-refractivity contribution < 1.29 is 0 Å². The van der Waals surface area contributed by atoms with Gasteiger partial charge in [-0.3, -0.25) is 9.78 Å². The molecule has 0 saturated carbocycles. The molecule has 0 aromatic carbocycles. The van der Waals surface area contributed by atoms with E-state index in [1.54, 1.807) is 25.2 Å². The molecule has 2 rings (SSSR count). The lowest BCUT2D eigenvalue weighted by Gasteiger charge is -1.90. The van der Waals surface area contributed by atoms with Crippen LogP contribution in [-0.4, -0.2) is 14.5 Å². The minimum absolute atomic E-state index is 0.363. The summed E-state index contributed by atoms with van der Waals surface area (Å²) in [4.78, 5) is 26.7. The molecule has 0 saturated heterocycles. The number of rotatable bonds is 0. The van der Waals surface area contributed by atoms with Gasteiger partial charge in [0.1, 0.15) is 11.6 Å². The van der Waals surface area contributed by atoms with Crippen LogP contribution in [0.25, 0.3) is 0 Å². The van der Waals surface area contributed by atoms with Gasteiger partial charge in [0.05, 0.1) is 0 Å². The lowest BCUT2D eigenvalue weighted by molar-refractivity contribution is 0.799. The van der Waals surface area contributed by atoms with E-state index < -0.39 is 0 Å². The van der Waals surface area contributed by atoms with Crippen LogP contribution in [0.2, 0.25) is 0 Å². The Morgan fingerprint density at radius 1 is 1.18 bits per heavy atom. The second-order valence-electron chi connectivity index (χ2n) is 3.21. The number of aromatic amines is 1. The van der Waals surface area contributed by atoms with Gasteiger partial charge in [-0.25, -0.2) is 9.78 Å². The highest BCUT2D eigenvalue weighted by Gasteiger charge is 1.85. The standard InChI is InChI=1S/C5H7N3.C5H6N2O2/c6-4-2-1-3-5(7)8-4;1-7-3-2-4(8)6-5(7)9/h1-3H,(H4,6,7,8);2-3H,1H3,(H,6,8,9). The maximum atomic E-state index is 10.5. The molecule has 0 spiro atoms. The van der Waals surface area contributed by atoms with E-state index in [0.717, 1.165) is 0 Å². The van der Waals surface area contributed by atoms with Crippen molar-refractivity contribution in [1.82, 2.24) is 14.5 Å². The summed E-state index contributed by atoms with van der Waals surface area (Å²) in [6, 6.07) is 6.44. The molecule has 7 nitrogen and oxygen atoms in total. The largest absolute Gasteiger partial charge is 0.384 e. The Morgan fingerprint density at radius 3 is 2.12 bits per heavy atom. The molecule has 0 atom stereocenters. The number of hydrogen-bond donors (Lipinski definition) is 3. The number of H-pyrrole nitrogens is 1. The number of nitrogens with zero attached hydrogens (tertiary/aromatic N) is 2. The van der Waals surface area contributed by atoms with Gasteiger partial charge in [0.2, 0.25) is 0 Å². The van der Waals surface area contributed by atoms with E-state index in [9.17, 15) is 9.59 Å². The van der Waals surface area contributed by atoms with Crippen LogP contribution in [-0.2, 0) is 7.05 Å². The van der Waals surface area contributed by atoms with Gasteiger partial charge in [0.15, 0.2) is 0 Å². The Labute approximate surface area is 96.7 Å². The summed E-state index contributed by atoms with van der Waals surface area (Å²) in [6.07, 6.45) is 1.42. The predicted molar refractivity (Wildman–Crippen MR) is 65.4 cm³/mol. The fraction of sp³-hybridized carbons (Fsp3) is 0.100. The van der Waals surface area contributed by atoms with Gasteiger partial charge in [-0.15, -0.1) is 0 Å².